The van der Waals surface area contributed by atoms with Crippen molar-refractivity contribution in [2.45, 2.75) is 87.2 Å². The zero-order valence-electron chi connectivity index (χ0n) is 27.7. The van der Waals surface area contributed by atoms with E-state index in [0.29, 0.717) is 19.4 Å². The number of nitrogens with one attached hydrogen (secondary N) is 1. The molecule has 10 nitrogen and oxygen atoms in total. The van der Waals surface area contributed by atoms with Crippen LogP contribution in [0, 0.1) is 11.8 Å². The quantitative estimate of drug-likeness (QED) is 0.356. The van der Waals surface area contributed by atoms with Crippen molar-refractivity contribution in [1.29, 1.82) is 0 Å². The minimum Gasteiger partial charge on any atom is -0.463 e. The summed E-state index contributed by atoms with van der Waals surface area (Å²) < 4.78 is 12.3. The van der Waals surface area contributed by atoms with Crippen molar-refractivity contribution in [1.82, 2.24) is 15.1 Å². The van der Waals surface area contributed by atoms with E-state index in [1.807, 2.05) is 83.8 Å². The minimum absolute atomic E-state index is 0.0274. The maximum Gasteiger partial charge on any atom is 0.306 e. The molecular weight excluding hydrogens is 622 g/mol. The van der Waals surface area contributed by atoms with Crippen molar-refractivity contribution in [3.05, 3.63) is 96.1 Å². The molecule has 1 aliphatic carbocycles. The molecule has 258 valence electrons. The summed E-state index contributed by atoms with van der Waals surface area (Å²) in [4.78, 5) is 60.5. The summed E-state index contributed by atoms with van der Waals surface area (Å²) in [5.74, 6) is -3.30. The van der Waals surface area contributed by atoms with Gasteiger partial charge in [-0.1, -0.05) is 104 Å². The highest BCUT2D eigenvalue weighted by atomic mass is 16.5. The van der Waals surface area contributed by atoms with E-state index in [1.54, 1.807) is 11.0 Å². The lowest BCUT2D eigenvalue weighted by Crippen LogP contribution is -2.60. The number of cyclic esters (lactones) is 1. The molecule has 0 unspecified atom stereocenters. The normalized spacial score (nSPS) is 32.1. The topological polar surface area (TPSA) is 125 Å². The van der Waals surface area contributed by atoms with Crippen molar-refractivity contribution in [2.24, 2.45) is 11.8 Å². The molecule has 0 aromatic heterocycles. The van der Waals surface area contributed by atoms with Gasteiger partial charge in [0.15, 0.2) is 0 Å². The van der Waals surface area contributed by atoms with E-state index in [-0.39, 0.29) is 43.5 Å². The number of benzene rings is 2. The van der Waals surface area contributed by atoms with Gasteiger partial charge in [0.2, 0.25) is 17.7 Å². The molecule has 3 fully saturated rings. The van der Waals surface area contributed by atoms with Gasteiger partial charge in [-0.15, -0.1) is 0 Å². The Bertz CT molecular complexity index is 1590. The third kappa shape index (κ3) is 6.32. The van der Waals surface area contributed by atoms with Crippen molar-refractivity contribution in [3.8, 4) is 0 Å². The van der Waals surface area contributed by atoms with Gasteiger partial charge in [-0.25, -0.2) is 0 Å². The van der Waals surface area contributed by atoms with Gasteiger partial charge < -0.3 is 29.7 Å². The number of likely N-dealkylation sites (tertiary alicyclic amines) is 1. The van der Waals surface area contributed by atoms with Gasteiger partial charge in [-0.2, -0.15) is 0 Å². The van der Waals surface area contributed by atoms with Crippen molar-refractivity contribution < 1.29 is 33.8 Å². The number of carbonyl (C=O) groups is 4. The fourth-order valence-electron chi connectivity index (χ4n) is 8.62. The zero-order chi connectivity index (χ0) is 34.0. The highest BCUT2D eigenvalue weighted by Crippen LogP contribution is 2.56. The Morgan fingerprint density at radius 1 is 0.918 bits per heavy atom. The first kappa shape index (κ1) is 33.2. The summed E-state index contributed by atoms with van der Waals surface area (Å²) in [5, 5.41) is 13.9. The van der Waals surface area contributed by atoms with E-state index in [9.17, 15) is 19.5 Å². The Kier molecular flexibility index (Phi) is 9.69. The van der Waals surface area contributed by atoms with E-state index in [2.05, 4.69) is 5.32 Å². The van der Waals surface area contributed by atoms with Gasteiger partial charge in [0.05, 0.1) is 36.6 Å². The fraction of sp³-hybridized carbons (Fsp3) is 0.487. The third-order valence-corrected chi connectivity index (χ3v) is 11.0. The van der Waals surface area contributed by atoms with Crippen LogP contribution in [0.1, 0.15) is 62.1 Å². The zero-order valence-corrected chi connectivity index (χ0v) is 27.7. The number of carbonyl (C=O) groups excluding carboxylic acids is 4. The Morgan fingerprint density at radius 3 is 2.39 bits per heavy atom. The predicted octanol–water partition coefficient (Wildman–Crippen LogP) is 3.65. The number of hydrogen-bond donors (Lipinski definition) is 2. The fourth-order valence-corrected chi connectivity index (χ4v) is 8.62. The van der Waals surface area contributed by atoms with Crippen molar-refractivity contribution >= 4 is 23.7 Å². The molecule has 2 N–H and O–H groups in total. The van der Waals surface area contributed by atoms with Crippen LogP contribution in [0.15, 0.2) is 85.0 Å². The van der Waals surface area contributed by atoms with Crippen LogP contribution >= 0.6 is 0 Å². The second-order valence-corrected chi connectivity index (χ2v) is 13.9. The molecule has 4 heterocycles. The summed E-state index contributed by atoms with van der Waals surface area (Å²) in [5.41, 5.74) is 0.311. The van der Waals surface area contributed by atoms with E-state index in [1.165, 1.54) is 0 Å². The molecule has 10 heteroatoms. The van der Waals surface area contributed by atoms with Crippen molar-refractivity contribution in [3.63, 3.8) is 0 Å². The number of esters is 1. The summed E-state index contributed by atoms with van der Waals surface area (Å²) in [6.07, 6.45) is 12.5. The van der Waals surface area contributed by atoms with Crippen LogP contribution in [0.5, 0.6) is 0 Å². The molecule has 5 bridgehead atoms. The summed E-state index contributed by atoms with van der Waals surface area (Å²) in [6, 6.07) is 16.4. The lowest BCUT2D eigenvalue weighted by molar-refractivity contribution is -0.152. The number of aliphatic hydroxyl groups excluding tert-OH is 1. The van der Waals surface area contributed by atoms with E-state index >= 15 is 4.79 Å². The van der Waals surface area contributed by atoms with Crippen LogP contribution in [-0.2, 0) is 35.1 Å². The second kappa shape index (κ2) is 14.3. The third-order valence-electron chi connectivity index (χ3n) is 11.0. The number of allylic oxidation sites excluding steroid dienone is 1. The average Bonchev–Trinajstić information content (AvgIpc) is 3.78. The first-order valence-electron chi connectivity index (χ1n) is 17.7. The van der Waals surface area contributed by atoms with Gasteiger partial charge in [0.25, 0.3) is 0 Å². The second-order valence-electron chi connectivity index (χ2n) is 13.9. The summed E-state index contributed by atoms with van der Waals surface area (Å²) in [6.45, 7) is -0.113. The molecule has 7 atom stereocenters. The molecule has 3 amide bonds. The smallest absolute Gasteiger partial charge is 0.306 e. The van der Waals surface area contributed by atoms with Gasteiger partial charge in [0.1, 0.15) is 18.2 Å². The maximum absolute atomic E-state index is 15.1. The predicted molar refractivity (Wildman–Crippen MR) is 181 cm³/mol. The summed E-state index contributed by atoms with van der Waals surface area (Å²) >= 11 is 0. The molecule has 1 spiro atoms. The lowest BCUT2D eigenvalue weighted by Gasteiger charge is -2.42. The van der Waals surface area contributed by atoms with E-state index in [4.69, 9.17) is 9.47 Å². The van der Waals surface area contributed by atoms with Gasteiger partial charge in [-0.3, -0.25) is 19.2 Å². The Labute approximate surface area is 287 Å². The molecule has 2 saturated heterocycles. The summed E-state index contributed by atoms with van der Waals surface area (Å²) in [7, 11) is 0. The first-order valence-corrected chi connectivity index (χ1v) is 17.7. The SMILES string of the molecule is O=C1CC/C=C\CN(C2CCCCC2)C(=O)[C@H]2N([C@@H](CO)Cc3ccccc3)C(=O)[C@@H]3[C@@H](C(=O)N[C@@H](c4ccccc4)CO1)[C@H]1C=C[C@]32O1. The number of fused-ring (bicyclic) bond motifs is 2. The molecule has 4 aliphatic heterocycles. The molecule has 5 aliphatic rings. The monoisotopic (exact) mass is 667 g/mol. The van der Waals surface area contributed by atoms with Crippen LogP contribution in [0.2, 0.25) is 0 Å². The number of nitrogens with zero attached hydrogens (tertiary/aromatic N) is 2. The van der Waals surface area contributed by atoms with Crippen LogP contribution in [0.4, 0.5) is 0 Å². The number of ether oxygens (including phenoxy) is 2. The molecule has 2 aromatic rings. The molecule has 7 rings (SSSR count). The number of aliphatic hydroxyl groups is 1. The highest BCUT2D eigenvalue weighted by Gasteiger charge is 2.74. The van der Waals surface area contributed by atoms with Crippen LogP contribution in [-0.4, -0.2) is 88.2 Å². The maximum atomic E-state index is 15.1. The average molecular weight is 668 g/mol. The molecule has 2 aromatic carbocycles. The van der Waals surface area contributed by atoms with Crippen LogP contribution in [0.25, 0.3) is 0 Å². The largest absolute Gasteiger partial charge is 0.463 e. The minimum atomic E-state index is -1.37. The van der Waals surface area contributed by atoms with Crippen molar-refractivity contribution in [2.75, 3.05) is 19.8 Å². The van der Waals surface area contributed by atoms with E-state index < -0.39 is 47.6 Å². The standard InChI is InChI=1S/C39H45N3O7/c43-24-29(23-26-13-5-1-6-14-26)42-35-38(47)41(28-17-9-3-10-18-28)22-12-4-11-19-32(44)48-25-30(27-15-7-2-8-16-27)40-36(45)33-31-20-21-39(35,49-31)34(33)37(42)46/h1-2,4-8,12-16,20-21,28-31,33-35,43H,3,9-11,17-19,22-25H2,(H,40,45)/b12-4-/t29-,30-,31-,33+,34+,35-,39+/m1/s1. The molecule has 1 saturated carbocycles. The van der Waals surface area contributed by atoms with Crippen LogP contribution in [0.3, 0.4) is 0 Å². The Balaban J connectivity index is 1.31. The first-order chi connectivity index (χ1) is 23.9. The number of hydrogen-bond acceptors (Lipinski definition) is 7. The lowest BCUT2D eigenvalue weighted by atomic mass is 9.74. The Hall–Kier alpha value is -4.28. The van der Waals surface area contributed by atoms with Gasteiger partial charge in [0, 0.05) is 19.0 Å². The van der Waals surface area contributed by atoms with Gasteiger partial charge in [-0.05, 0) is 36.8 Å². The number of rotatable bonds is 6. The van der Waals surface area contributed by atoms with Crippen LogP contribution < -0.4 is 5.32 Å². The van der Waals surface area contributed by atoms with E-state index in [0.717, 1.165) is 43.2 Å². The molecule has 0 radical (unpaired) electrons. The highest BCUT2D eigenvalue weighted by molar-refractivity contribution is 6.00. The number of amides is 3. The molecular formula is C39H45N3O7. The Morgan fingerprint density at radius 2 is 1.65 bits per heavy atom. The molecule has 49 heavy (non-hydrogen) atoms. The van der Waals surface area contributed by atoms with Gasteiger partial charge >= 0.3 is 5.97 Å².